The predicted molar refractivity (Wildman–Crippen MR) is 88.1 cm³/mol. The molecule has 0 aromatic heterocycles. The van der Waals surface area contributed by atoms with Crippen molar-refractivity contribution >= 4 is 23.2 Å². The summed E-state index contributed by atoms with van der Waals surface area (Å²) in [6, 6.07) is 3.74. The Morgan fingerprint density at radius 3 is 2.55 bits per heavy atom. The summed E-state index contributed by atoms with van der Waals surface area (Å²) in [6.45, 7) is 4.96. The molecule has 0 aliphatic heterocycles. The molecule has 1 atom stereocenters. The summed E-state index contributed by atoms with van der Waals surface area (Å²) in [6.07, 6.45) is 6.35. The van der Waals surface area contributed by atoms with Gasteiger partial charge in [0.25, 0.3) is 0 Å². The molecule has 0 bridgehead atoms. The topological polar surface area (TPSA) is 35.2 Å². The van der Waals surface area contributed by atoms with Crippen molar-refractivity contribution in [3.8, 4) is 5.75 Å². The Balaban J connectivity index is 2.71. The molecule has 20 heavy (non-hydrogen) atoms. The van der Waals surface area contributed by atoms with Gasteiger partial charge in [-0.1, -0.05) is 56.3 Å². The maximum Gasteiger partial charge on any atom is 0.141 e. The van der Waals surface area contributed by atoms with Crippen molar-refractivity contribution in [1.82, 2.24) is 0 Å². The summed E-state index contributed by atoms with van der Waals surface area (Å²) in [5, 5.41) is 1.21. The van der Waals surface area contributed by atoms with Gasteiger partial charge < -0.3 is 10.5 Å². The number of unbranched alkanes of at least 4 members (excludes halogenated alkanes) is 3. The van der Waals surface area contributed by atoms with Gasteiger partial charge in [0.1, 0.15) is 5.75 Å². The first-order chi connectivity index (χ1) is 9.58. The van der Waals surface area contributed by atoms with Crippen molar-refractivity contribution in [2.75, 3.05) is 6.61 Å². The monoisotopic (exact) mass is 317 g/mol. The molecule has 0 fully saturated rings. The first-order valence-corrected chi connectivity index (χ1v) is 8.20. The van der Waals surface area contributed by atoms with Gasteiger partial charge in [0, 0.05) is 11.1 Å². The summed E-state index contributed by atoms with van der Waals surface area (Å²) in [5.74, 6) is 0.747. The van der Waals surface area contributed by atoms with E-state index in [9.17, 15) is 0 Å². The molecule has 0 amide bonds. The lowest BCUT2D eigenvalue weighted by Crippen LogP contribution is -2.21. The number of halogens is 2. The lowest BCUT2D eigenvalue weighted by molar-refractivity contribution is 0.301. The number of benzene rings is 1. The highest BCUT2D eigenvalue weighted by molar-refractivity contribution is 6.35. The van der Waals surface area contributed by atoms with Gasteiger partial charge in [-0.2, -0.15) is 0 Å². The summed E-state index contributed by atoms with van der Waals surface area (Å²) in [5.41, 5.74) is 7.03. The Morgan fingerprint density at radius 2 is 1.90 bits per heavy atom. The van der Waals surface area contributed by atoms with E-state index in [1.54, 1.807) is 6.07 Å². The highest BCUT2D eigenvalue weighted by atomic mass is 35.5. The fraction of sp³-hybridized carbons (Fsp3) is 0.625. The molecular formula is C16H25Cl2NO. The smallest absolute Gasteiger partial charge is 0.141 e. The second-order valence-electron chi connectivity index (χ2n) is 5.16. The van der Waals surface area contributed by atoms with Crippen LogP contribution in [0.1, 0.15) is 51.5 Å². The molecule has 0 heterocycles. The molecule has 0 spiro atoms. The highest BCUT2D eigenvalue weighted by Crippen LogP contribution is 2.33. The first kappa shape index (κ1) is 17.6. The Kier molecular flexibility index (Phi) is 8.35. The second-order valence-corrected chi connectivity index (χ2v) is 6.00. The van der Waals surface area contributed by atoms with Crippen LogP contribution < -0.4 is 10.5 Å². The van der Waals surface area contributed by atoms with Crippen molar-refractivity contribution in [2.24, 2.45) is 5.73 Å². The number of rotatable bonds is 9. The van der Waals surface area contributed by atoms with Crippen LogP contribution in [0.3, 0.4) is 0 Å². The minimum atomic E-state index is 0.104. The zero-order chi connectivity index (χ0) is 15.0. The average molecular weight is 318 g/mol. The zero-order valence-electron chi connectivity index (χ0n) is 12.4. The van der Waals surface area contributed by atoms with Crippen LogP contribution in [0.4, 0.5) is 0 Å². The van der Waals surface area contributed by atoms with Gasteiger partial charge in [-0.3, -0.25) is 0 Å². The van der Waals surface area contributed by atoms with Gasteiger partial charge >= 0.3 is 0 Å². The van der Waals surface area contributed by atoms with Gasteiger partial charge in [0.05, 0.1) is 11.6 Å². The molecule has 0 aliphatic rings. The van der Waals surface area contributed by atoms with Crippen LogP contribution in [-0.4, -0.2) is 12.6 Å². The van der Waals surface area contributed by atoms with Gasteiger partial charge in [0.15, 0.2) is 0 Å². The number of ether oxygens (including phenoxy) is 1. The van der Waals surface area contributed by atoms with Crippen molar-refractivity contribution in [3.05, 3.63) is 27.7 Å². The Morgan fingerprint density at radius 1 is 1.15 bits per heavy atom. The lowest BCUT2D eigenvalue weighted by Gasteiger charge is -2.16. The molecule has 1 aromatic carbocycles. The third-order valence-corrected chi connectivity index (χ3v) is 3.84. The van der Waals surface area contributed by atoms with E-state index in [1.807, 2.05) is 6.07 Å². The summed E-state index contributed by atoms with van der Waals surface area (Å²) >= 11 is 12.3. The Hall–Kier alpha value is -0.440. The molecule has 0 saturated heterocycles. The van der Waals surface area contributed by atoms with Crippen LogP contribution in [0.2, 0.25) is 10.0 Å². The van der Waals surface area contributed by atoms with Crippen molar-refractivity contribution in [2.45, 2.75) is 58.4 Å². The van der Waals surface area contributed by atoms with Crippen LogP contribution in [0, 0.1) is 0 Å². The number of hydrogen-bond donors (Lipinski definition) is 1. The van der Waals surface area contributed by atoms with Crippen LogP contribution in [-0.2, 0) is 6.42 Å². The normalized spacial score (nSPS) is 12.4. The minimum Gasteiger partial charge on any atom is -0.492 e. The van der Waals surface area contributed by atoms with Gasteiger partial charge in [-0.25, -0.2) is 0 Å². The largest absolute Gasteiger partial charge is 0.492 e. The molecule has 114 valence electrons. The minimum absolute atomic E-state index is 0.104. The summed E-state index contributed by atoms with van der Waals surface area (Å²) in [4.78, 5) is 0. The van der Waals surface area contributed by atoms with E-state index in [0.717, 1.165) is 30.6 Å². The molecule has 1 aromatic rings. The first-order valence-electron chi connectivity index (χ1n) is 7.44. The summed E-state index contributed by atoms with van der Waals surface area (Å²) < 4.78 is 5.87. The van der Waals surface area contributed by atoms with Crippen LogP contribution in [0.5, 0.6) is 5.75 Å². The van der Waals surface area contributed by atoms with Gasteiger partial charge in [-0.05, 0) is 37.0 Å². The predicted octanol–water partition coefficient (Wildman–Crippen LogP) is 5.23. The summed E-state index contributed by atoms with van der Waals surface area (Å²) in [7, 11) is 0. The average Bonchev–Trinajstić information content (AvgIpc) is 2.40. The molecule has 4 heteroatoms. The molecule has 0 aliphatic carbocycles. The molecular weight excluding hydrogens is 293 g/mol. The standard InChI is InChI=1S/C16H25Cl2NO/c1-3-5-6-7-8-20-16-12(10-14(19)4-2)9-13(17)11-15(16)18/h9,11,14H,3-8,10,19H2,1-2H3. The molecule has 0 radical (unpaired) electrons. The maximum atomic E-state index is 6.25. The van der Waals surface area contributed by atoms with E-state index in [4.69, 9.17) is 33.7 Å². The second kappa shape index (κ2) is 9.49. The molecule has 2 nitrogen and oxygen atoms in total. The quantitative estimate of drug-likeness (QED) is 0.633. The van der Waals surface area contributed by atoms with Crippen LogP contribution >= 0.6 is 23.2 Å². The third-order valence-electron chi connectivity index (χ3n) is 3.34. The van der Waals surface area contributed by atoms with Gasteiger partial charge in [0.2, 0.25) is 0 Å². The van der Waals surface area contributed by atoms with E-state index >= 15 is 0 Å². The van der Waals surface area contributed by atoms with Crippen LogP contribution in [0.25, 0.3) is 0 Å². The Labute approximate surface area is 132 Å². The van der Waals surface area contributed by atoms with Crippen molar-refractivity contribution in [1.29, 1.82) is 0 Å². The fourth-order valence-corrected chi connectivity index (χ4v) is 2.65. The van der Waals surface area contributed by atoms with Crippen molar-refractivity contribution < 1.29 is 4.74 Å². The number of nitrogens with two attached hydrogens (primary N) is 1. The fourth-order valence-electron chi connectivity index (χ4n) is 2.06. The van der Waals surface area contributed by atoms with E-state index in [2.05, 4.69) is 13.8 Å². The highest BCUT2D eigenvalue weighted by Gasteiger charge is 2.13. The maximum absolute atomic E-state index is 6.25. The Bertz CT molecular complexity index is 410. The van der Waals surface area contributed by atoms with Crippen LogP contribution in [0.15, 0.2) is 12.1 Å². The molecule has 2 N–H and O–H groups in total. The van der Waals surface area contributed by atoms with Crippen molar-refractivity contribution in [3.63, 3.8) is 0 Å². The van der Waals surface area contributed by atoms with E-state index in [1.165, 1.54) is 19.3 Å². The lowest BCUT2D eigenvalue weighted by atomic mass is 10.0. The SMILES string of the molecule is CCCCCCOc1c(Cl)cc(Cl)cc1CC(N)CC. The zero-order valence-corrected chi connectivity index (χ0v) is 13.9. The third kappa shape index (κ3) is 5.90. The van der Waals surface area contributed by atoms with Gasteiger partial charge in [-0.15, -0.1) is 0 Å². The molecule has 1 unspecified atom stereocenters. The molecule has 1 rings (SSSR count). The molecule has 0 saturated carbocycles. The van der Waals surface area contributed by atoms with E-state index in [0.29, 0.717) is 16.7 Å². The van der Waals surface area contributed by atoms with E-state index in [-0.39, 0.29) is 6.04 Å². The van der Waals surface area contributed by atoms with E-state index < -0.39 is 0 Å². The number of hydrogen-bond acceptors (Lipinski definition) is 2.